The highest BCUT2D eigenvalue weighted by Crippen LogP contribution is 2.15. The molecule has 5 nitrogen and oxygen atoms in total. The first-order valence-corrected chi connectivity index (χ1v) is 10.2. The monoisotopic (exact) mass is 502 g/mol. The summed E-state index contributed by atoms with van der Waals surface area (Å²) in [5.74, 6) is 1.78. The van der Waals surface area contributed by atoms with Crippen LogP contribution in [-0.4, -0.2) is 30.6 Å². The van der Waals surface area contributed by atoms with E-state index in [1.807, 2.05) is 18.3 Å². The highest BCUT2D eigenvalue weighted by molar-refractivity contribution is 14.0. The van der Waals surface area contributed by atoms with Crippen LogP contribution in [0.15, 0.2) is 35.5 Å². The van der Waals surface area contributed by atoms with Gasteiger partial charge in [0.25, 0.3) is 0 Å². The molecule has 2 N–H and O–H groups in total. The number of aryl methyl sites for hydroxylation is 1. The summed E-state index contributed by atoms with van der Waals surface area (Å²) in [4.78, 5) is 10.4. The predicted octanol–water partition coefficient (Wildman–Crippen LogP) is 4.41. The lowest BCUT2D eigenvalue weighted by molar-refractivity contribution is 0.317. The van der Waals surface area contributed by atoms with E-state index in [0.717, 1.165) is 55.7 Å². The quantitative estimate of drug-likeness (QED) is 0.287. The number of aromatic nitrogens is 1. The van der Waals surface area contributed by atoms with E-state index in [4.69, 9.17) is 4.74 Å². The van der Waals surface area contributed by atoms with Gasteiger partial charge in [-0.3, -0.25) is 0 Å². The van der Waals surface area contributed by atoms with Crippen molar-refractivity contribution in [1.82, 2.24) is 15.6 Å². The number of hydrogen-bond donors (Lipinski definition) is 2. The number of nitrogens with one attached hydrogen (secondary N) is 2. The van der Waals surface area contributed by atoms with Gasteiger partial charge in [0.2, 0.25) is 0 Å². The maximum atomic E-state index is 5.70. The molecule has 0 unspecified atom stereocenters. The van der Waals surface area contributed by atoms with Crippen LogP contribution in [0.2, 0.25) is 0 Å². The molecule has 0 aliphatic heterocycles. The summed E-state index contributed by atoms with van der Waals surface area (Å²) in [6.07, 6.45) is 4.92. The van der Waals surface area contributed by atoms with Gasteiger partial charge in [0.05, 0.1) is 13.2 Å². The van der Waals surface area contributed by atoms with Gasteiger partial charge in [-0.25, -0.2) is 9.98 Å². The fraction of sp³-hybridized carbons (Fsp3) is 0.500. The number of rotatable bonds is 10. The molecule has 150 valence electrons. The molecule has 1 aromatic heterocycles. The van der Waals surface area contributed by atoms with Crippen LogP contribution in [0.5, 0.6) is 5.75 Å². The Labute approximate surface area is 184 Å². The molecule has 0 fully saturated rings. The lowest BCUT2D eigenvalue weighted by Crippen LogP contribution is -2.38. The van der Waals surface area contributed by atoms with Gasteiger partial charge in [0.15, 0.2) is 5.96 Å². The zero-order valence-corrected chi connectivity index (χ0v) is 19.6. The maximum absolute atomic E-state index is 5.70. The largest absolute Gasteiger partial charge is 0.494 e. The molecular weight excluding hydrogens is 471 g/mol. The third kappa shape index (κ3) is 8.92. The molecule has 0 aliphatic rings. The standard InChI is InChI=1S/C20H30N4OS.HI/c1-4-12-25-17-9-7-8-16(13-17)10-11-22-20(21-6-3)24-15-19-23-14-18(5-2)26-19;/h7-9,13-14H,4-6,10-12,15H2,1-3H3,(H2,21,22,24);1H. The van der Waals surface area contributed by atoms with Gasteiger partial charge in [0, 0.05) is 24.2 Å². The zero-order chi connectivity index (χ0) is 18.6. The minimum atomic E-state index is 0. The molecule has 0 bridgehead atoms. The molecule has 0 aliphatic carbocycles. The molecule has 1 aromatic carbocycles. The maximum Gasteiger partial charge on any atom is 0.191 e. The highest BCUT2D eigenvalue weighted by atomic mass is 127. The molecule has 0 saturated heterocycles. The van der Waals surface area contributed by atoms with Gasteiger partial charge < -0.3 is 15.4 Å². The molecule has 27 heavy (non-hydrogen) atoms. The fourth-order valence-electron chi connectivity index (χ4n) is 2.41. The summed E-state index contributed by atoms with van der Waals surface area (Å²) in [6, 6.07) is 8.31. The average molecular weight is 502 g/mol. The molecule has 2 aromatic rings. The Balaban J connectivity index is 0.00000364. The van der Waals surface area contributed by atoms with E-state index in [1.165, 1.54) is 10.4 Å². The predicted molar refractivity (Wildman–Crippen MR) is 126 cm³/mol. The summed E-state index contributed by atoms with van der Waals surface area (Å²) in [5, 5.41) is 7.74. The van der Waals surface area contributed by atoms with Crippen LogP contribution in [0.4, 0.5) is 0 Å². The summed E-state index contributed by atoms with van der Waals surface area (Å²) in [5.41, 5.74) is 1.26. The number of halogens is 1. The van der Waals surface area contributed by atoms with Crippen LogP contribution in [0.25, 0.3) is 0 Å². The average Bonchev–Trinajstić information content (AvgIpc) is 3.13. The first-order chi connectivity index (χ1) is 12.7. The van der Waals surface area contributed by atoms with Crippen molar-refractivity contribution < 1.29 is 4.74 Å². The van der Waals surface area contributed by atoms with Crippen molar-refractivity contribution in [3.05, 3.63) is 45.9 Å². The Kier molecular flexibility index (Phi) is 12.1. The van der Waals surface area contributed by atoms with Gasteiger partial charge in [0.1, 0.15) is 10.8 Å². The van der Waals surface area contributed by atoms with E-state index in [2.05, 4.69) is 53.5 Å². The summed E-state index contributed by atoms with van der Waals surface area (Å²) in [7, 11) is 0. The molecule has 0 radical (unpaired) electrons. The Bertz CT molecular complexity index is 690. The molecule has 0 saturated carbocycles. The normalized spacial score (nSPS) is 11.0. The van der Waals surface area contributed by atoms with Gasteiger partial charge in [-0.05, 0) is 43.9 Å². The molecule has 0 spiro atoms. The van der Waals surface area contributed by atoms with Crippen LogP contribution in [0.1, 0.15) is 42.6 Å². The number of thiazole rings is 1. The summed E-state index contributed by atoms with van der Waals surface area (Å²) in [6.45, 7) is 9.37. The molecule has 0 amide bonds. The summed E-state index contributed by atoms with van der Waals surface area (Å²) < 4.78 is 5.70. The van der Waals surface area contributed by atoms with Crippen LogP contribution < -0.4 is 15.4 Å². The third-order valence-electron chi connectivity index (χ3n) is 3.74. The first-order valence-electron chi connectivity index (χ1n) is 9.42. The number of hydrogen-bond acceptors (Lipinski definition) is 4. The lowest BCUT2D eigenvalue weighted by atomic mass is 10.1. The molecule has 7 heteroatoms. The van der Waals surface area contributed by atoms with E-state index in [-0.39, 0.29) is 24.0 Å². The van der Waals surface area contributed by atoms with E-state index in [9.17, 15) is 0 Å². The van der Waals surface area contributed by atoms with Crippen molar-refractivity contribution >= 4 is 41.3 Å². The van der Waals surface area contributed by atoms with Crippen LogP contribution in [0, 0.1) is 0 Å². The Morgan fingerprint density at radius 1 is 1.22 bits per heavy atom. The SMILES string of the molecule is CCCOc1cccc(CCNC(=NCc2ncc(CC)s2)NCC)c1.I. The van der Waals surface area contributed by atoms with Gasteiger partial charge in [-0.1, -0.05) is 26.0 Å². The number of benzene rings is 1. The Hall–Kier alpha value is -1.35. The molecular formula is C20H31IN4OS. The molecule has 0 atom stereocenters. The van der Waals surface area contributed by atoms with Gasteiger partial charge in [-0.15, -0.1) is 35.3 Å². The molecule has 1 heterocycles. The second-order valence-electron chi connectivity index (χ2n) is 5.94. The number of nitrogens with zero attached hydrogens (tertiary/aromatic N) is 2. The number of aliphatic imine (C=N–C) groups is 1. The number of ether oxygens (including phenoxy) is 1. The second kappa shape index (κ2) is 13.8. The smallest absolute Gasteiger partial charge is 0.191 e. The fourth-order valence-corrected chi connectivity index (χ4v) is 3.20. The van der Waals surface area contributed by atoms with Gasteiger partial charge >= 0.3 is 0 Å². The van der Waals surface area contributed by atoms with E-state index < -0.39 is 0 Å². The Morgan fingerprint density at radius 2 is 2.07 bits per heavy atom. The minimum absolute atomic E-state index is 0. The van der Waals surface area contributed by atoms with E-state index in [0.29, 0.717) is 6.54 Å². The highest BCUT2D eigenvalue weighted by Gasteiger charge is 2.02. The summed E-state index contributed by atoms with van der Waals surface area (Å²) >= 11 is 1.73. The number of guanidine groups is 1. The van der Waals surface area contributed by atoms with Crippen LogP contribution in [0.3, 0.4) is 0 Å². The van der Waals surface area contributed by atoms with Crippen molar-refractivity contribution in [2.45, 2.75) is 46.6 Å². The van der Waals surface area contributed by atoms with E-state index >= 15 is 0 Å². The van der Waals surface area contributed by atoms with Crippen LogP contribution in [-0.2, 0) is 19.4 Å². The Morgan fingerprint density at radius 3 is 2.78 bits per heavy atom. The van der Waals surface area contributed by atoms with Gasteiger partial charge in [-0.2, -0.15) is 0 Å². The van der Waals surface area contributed by atoms with Crippen molar-refractivity contribution in [3.8, 4) is 5.75 Å². The lowest BCUT2D eigenvalue weighted by Gasteiger charge is -2.11. The van der Waals surface area contributed by atoms with Crippen molar-refractivity contribution in [2.24, 2.45) is 4.99 Å². The second-order valence-corrected chi connectivity index (χ2v) is 7.14. The topological polar surface area (TPSA) is 58.5 Å². The third-order valence-corrected chi connectivity index (χ3v) is 4.87. The van der Waals surface area contributed by atoms with Crippen molar-refractivity contribution in [3.63, 3.8) is 0 Å². The van der Waals surface area contributed by atoms with Crippen molar-refractivity contribution in [1.29, 1.82) is 0 Å². The van der Waals surface area contributed by atoms with Crippen LogP contribution >= 0.6 is 35.3 Å². The first kappa shape index (κ1) is 23.7. The zero-order valence-electron chi connectivity index (χ0n) is 16.5. The minimum Gasteiger partial charge on any atom is -0.494 e. The molecule has 2 rings (SSSR count). The van der Waals surface area contributed by atoms with E-state index in [1.54, 1.807) is 11.3 Å². The van der Waals surface area contributed by atoms with Crippen molar-refractivity contribution in [2.75, 3.05) is 19.7 Å².